The van der Waals surface area contributed by atoms with Crippen LogP contribution in [-0.4, -0.2) is 34.1 Å². The molecule has 0 saturated carbocycles. The van der Waals surface area contributed by atoms with E-state index in [0.717, 1.165) is 4.90 Å². The minimum atomic E-state index is -1.10. The van der Waals surface area contributed by atoms with Crippen LogP contribution in [0, 0.1) is 5.92 Å². The van der Waals surface area contributed by atoms with E-state index in [9.17, 15) is 19.5 Å². The maximum absolute atomic E-state index is 13.5. The largest absolute Gasteiger partial charge is 0.508 e. The van der Waals surface area contributed by atoms with Gasteiger partial charge in [-0.3, -0.25) is 14.4 Å². The number of anilines is 2. The van der Waals surface area contributed by atoms with Gasteiger partial charge < -0.3 is 10.2 Å². The fourth-order valence-electron chi connectivity index (χ4n) is 4.27. The van der Waals surface area contributed by atoms with Crippen LogP contribution in [0.5, 0.6) is 5.75 Å². The number of carbonyl (C=O) groups excluding carboxylic acids is 2. The molecule has 0 unspecified atom stereocenters. The first-order valence-corrected chi connectivity index (χ1v) is 9.97. The van der Waals surface area contributed by atoms with E-state index in [1.165, 1.54) is 35.4 Å². The second-order valence-electron chi connectivity index (χ2n) is 7.58. The van der Waals surface area contributed by atoms with Gasteiger partial charge in [0.2, 0.25) is 5.91 Å². The van der Waals surface area contributed by atoms with Crippen molar-refractivity contribution in [1.29, 1.82) is 0 Å². The average Bonchev–Trinajstić information content (AvgIpc) is 3.31. The number of carboxylic acid groups (broad SMARTS) is 1. The molecule has 32 heavy (non-hydrogen) atoms. The molecule has 0 aliphatic carbocycles. The Morgan fingerprint density at radius 3 is 2.12 bits per heavy atom. The van der Waals surface area contributed by atoms with Crippen molar-refractivity contribution in [2.24, 2.45) is 5.92 Å². The summed E-state index contributed by atoms with van der Waals surface area (Å²) in [6.07, 6.45) is -1.08. The Morgan fingerprint density at radius 1 is 0.812 bits per heavy atom. The highest BCUT2D eigenvalue weighted by molar-refractivity contribution is 6.24. The van der Waals surface area contributed by atoms with Crippen molar-refractivity contribution in [3.8, 4) is 5.75 Å². The zero-order chi connectivity index (χ0) is 22.4. The quantitative estimate of drug-likeness (QED) is 0.613. The molecule has 0 aromatic heterocycles. The lowest BCUT2D eigenvalue weighted by Crippen LogP contribution is -2.37. The highest BCUT2D eigenvalue weighted by Gasteiger charge is 2.60. The summed E-state index contributed by atoms with van der Waals surface area (Å²) in [4.78, 5) is 44.9. The lowest BCUT2D eigenvalue weighted by atomic mass is 9.90. The summed E-state index contributed by atoms with van der Waals surface area (Å²) >= 11 is 0. The van der Waals surface area contributed by atoms with E-state index in [0.29, 0.717) is 11.3 Å². The molecule has 5 rings (SSSR count). The first kappa shape index (κ1) is 19.8. The van der Waals surface area contributed by atoms with E-state index in [2.05, 4.69) is 0 Å². The molecule has 2 fully saturated rings. The number of phenols is 1. The van der Waals surface area contributed by atoms with Gasteiger partial charge in [-0.15, -0.1) is 0 Å². The number of hydroxylamine groups is 1. The predicted octanol–water partition coefficient (Wildman–Crippen LogP) is 3.14. The molecule has 3 aromatic rings. The lowest BCUT2D eigenvalue weighted by molar-refractivity contribution is -0.126. The van der Waals surface area contributed by atoms with Gasteiger partial charge in [0.1, 0.15) is 11.7 Å². The van der Waals surface area contributed by atoms with Gasteiger partial charge in [0.05, 0.1) is 23.0 Å². The smallest absolute Gasteiger partial charge is 0.335 e. The number of phenolic OH excluding ortho intramolecular Hbond substituents is 1. The monoisotopic (exact) mass is 430 g/mol. The van der Waals surface area contributed by atoms with Gasteiger partial charge in [0, 0.05) is 5.56 Å². The Bertz CT molecular complexity index is 1210. The Labute approximate surface area is 182 Å². The first-order chi connectivity index (χ1) is 15.5. The highest BCUT2D eigenvalue weighted by atomic mass is 16.7. The third-order valence-electron chi connectivity index (χ3n) is 5.75. The maximum atomic E-state index is 13.5. The highest BCUT2D eigenvalue weighted by Crippen LogP contribution is 2.49. The van der Waals surface area contributed by atoms with Crippen LogP contribution in [-0.2, 0) is 14.4 Å². The minimum absolute atomic E-state index is 0.00723. The summed E-state index contributed by atoms with van der Waals surface area (Å²) in [5.41, 5.74) is 1.43. The molecule has 2 saturated heterocycles. The third kappa shape index (κ3) is 3.00. The summed E-state index contributed by atoms with van der Waals surface area (Å²) in [6.45, 7) is 0. The van der Waals surface area contributed by atoms with E-state index in [1.54, 1.807) is 30.3 Å². The van der Waals surface area contributed by atoms with Crippen molar-refractivity contribution in [2.45, 2.75) is 12.1 Å². The topological polar surface area (TPSA) is 107 Å². The van der Waals surface area contributed by atoms with Crippen LogP contribution in [0.25, 0.3) is 0 Å². The van der Waals surface area contributed by atoms with Gasteiger partial charge in [-0.1, -0.05) is 36.4 Å². The van der Waals surface area contributed by atoms with Crippen molar-refractivity contribution >= 4 is 29.2 Å². The van der Waals surface area contributed by atoms with E-state index < -0.39 is 35.8 Å². The number of benzene rings is 3. The standard InChI is InChI=1S/C24H18N2O6/c27-18-9-5-4-8-17(18)20-19-21(32-26(20)16-6-2-1-3-7-16)23(29)25(22(19)28)15-12-10-14(11-13-15)24(30)31/h1-13,19-21,27H,(H,30,31)/t19-,20+,21+/m0/s1. The maximum Gasteiger partial charge on any atom is 0.335 e. The molecule has 2 aliphatic rings. The van der Waals surface area contributed by atoms with E-state index >= 15 is 0 Å². The summed E-state index contributed by atoms with van der Waals surface area (Å²) in [7, 11) is 0. The fourth-order valence-corrected chi connectivity index (χ4v) is 4.27. The van der Waals surface area contributed by atoms with Crippen LogP contribution in [0.3, 0.4) is 0 Å². The molecular formula is C24H18N2O6. The number of aromatic hydroxyl groups is 1. The number of fused-ring (bicyclic) bond motifs is 1. The Kier molecular flexibility index (Phi) is 4.64. The lowest BCUT2D eigenvalue weighted by Gasteiger charge is -2.29. The molecule has 0 radical (unpaired) electrons. The predicted molar refractivity (Wildman–Crippen MR) is 114 cm³/mol. The van der Waals surface area contributed by atoms with Crippen molar-refractivity contribution in [3.05, 3.63) is 90.0 Å². The summed E-state index contributed by atoms with van der Waals surface area (Å²) in [5, 5.41) is 21.1. The average molecular weight is 430 g/mol. The normalized spacial score (nSPS) is 22.3. The first-order valence-electron chi connectivity index (χ1n) is 9.97. The van der Waals surface area contributed by atoms with Gasteiger partial charge >= 0.3 is 5.97 Å². The van der Waals surface area contributed by atoms with Gasteiger partial charge in [0.25, 0.3) is 5.91 Å². The van der Waals surface area contributed by atoms with E-state index in [4.69, 9.17) is 9.94 Å². The second-order valence-corrected chi connectivity index (χ2v) is 7.58. The van der Waals surface area contributed by atoms with Crippen LogP contribution < -0.4 is 9.96 Å². The molecule has 2 heterocycles. The van der Waals surface area contributed by atoms with Crippen LogP contribution in [0.2, 0.25) is 0 Å². The molecule has 160 valence electrons. The molecule has 2 amide bonds. The summed E-state index contributed by atoms with van der Waals surface area (Å²) in [5.74, 6) is -3.02. The van der Waals surface area contributed by atoms with Crippen molar-refractivity contribution in [2.75, 3.05) is 9.96 Å². The van der Waals surface area contributed by atoms with Crippen molar-refractivity contribution < 1.29 is 29.4 Å². The van der Waals surface area contributed by atoms with E-state index in [-0.39, 0.29) is 17.0 Å². The molecular weight excluding hydrogens is 412 g/mol. The Morgan fingerprint density at radius 2 is 1.47 bits per heavy atom. The van der Waals surface area contributed by atoms with Gasteiger partial charge in [-0.25, -0.2) is 14.8 Å². The number of amides is 2. The van der Waals surface area contributed by atoms with Crippen molar-refractivity contribution in [3.63, 3.8) is 0 Å². The Balaban J connectivity index is 1.57. The number of aromatic carboxylic acids is 1. The molecule has 0 spiro atoms. The van der Waals surface area contributed by atoms with Gasteiger partial charge in [-0.05, 0) is 42.5 Å². The molecule has 3 atom stereocenters. The zero-order valence-electron chi connectivity index (χ0n) is 16.7. The van der Waals surface area contributed by atoms with Gasteiger partial charge in [0.15, 0.2) is 6.10 Å². The number of para-hydroxylation sites is 2. The number of rotatable bonds is 4. The number of carboxylic acids is 1. The van der Waals surface area contributed by atoms with Crippen molar-refractivity contribution in [1.82, 2.24) is 0 Å². The number of carbonyl (C=O) groups is 3. The van der Waals surface area contributed by atoms with Gasteiger partial charge in [-0.2, -0.15) is 0 Å². The van der Waals surface area contributed by atoms with Crippen LogP contribution in [0.15, 0.2) is 78.9 Å². The second kappa shape index (κ2) is 7.51. The van der Waals surface area contributed by atoms with E-state index in [1.807, 2.05) is 18.2 Å². The van der Waals surface area contributed by atoms with Crippen LogP contribution >= 0.6 is 0 Å². The fraction of sp³-hybridized carbons (Fsp3) is 0.125. The van der Waals surface area contributed by atoms with Crippen LogP contribution in [0.4, 0.5) is 11.4 Å². The number of hydrogen-bond donors (Lipinski definition) is 2. The molecule has 8 heteroatoms. The molecule has 8 nitrogen and oxygen atoms in total. The third-order valence-corrected chi connectivity index (χ3v) is 5.75. The number of hydrogen-bond acceptors (Lipinski definition) is 6. The summed E-state index contributed by atoms with van der Waals surface area (Å²) < 4.78 is 0. The number of imide groups is 1. The molecule has 0 bridgehead atoms. The SMILES string of the molecule is O=C(O)c1ccc(N2C(=O)[C@H]3[C@@H](c4ccccc4O)N(c4ccccc4)O[C@H]3C2=O)cc1. The summed E-state index contributed by atoms with van der Waals surface area (Å²) in [6, 6.07) is 20.5. The molecule has 3 aromatic carbocycles. The zero-order valence-corrected chi connectivity index (χ0v) is 16.7. The number of nitrogens with zero attached hydrogens (tertiary/aromatic N) is 2. The molecule has 2 aliphatic heterocycles. The Hall–Kier alpha value is -4.17. The minimum Gasteiger partial charge on any atom is -0.508 e. The van der Waals surface area contributed by atoms with Crippen LogP contribution in [0.1, 0.15) is 22.0 Å². The molecule has 2 N–H and O–H groups in total.